The molecule has 0 spiro atoms. The van der Waals surface area contributed by atoms with E-state index in [0.29, 0.717) is 0 Å². The maximum Gasteiger partial charge on any atom is 0.254 e. The monoisotopic (exact) mass is 226 g/mol. The van der Waals surface area contributed by atoms with Gasteiger partial charge in [0.1, 0.15) is 5.82 Å². The minimum atomic E-state index is -0.832. The molecule has 0 radical (unpaired) electrons. The van der Waals surface area contributed by atoms with Gasteiger partial charge in [-0.15, -0.1) is 0 Å². The number of rotatable bonds is 1. The fraction of sp³-hybridized carbons (Fsp3) is 0. The molecule has 0 N–H and O–H groups in total. The van der Waals surface area contributed by atoms with Crippen molar-refractivity contribution < 1.29 is 9.18 Å². The van der Waals surface area contributed by atoms with E-state index in [4.69, 9.17) is 34.8 Å². The Labute approximate surface area is 83.0 Å². The molecule has 0 aliphatic heterocycles. The first-order chi connectivity index (χ1) is 5.52. The Balaban J connectivity index is 3.37. The summed E-state index contributed by atoms with van der Waals surface area (Å²) >= 11 is 16.0. The first kappa shape index (κ1) is 9.78. The lowest BCUT2D eigenvalue weighted by molar-refractivity contribution is 0.108. The SMILES string of the molecule is O=C(Cl)c1cc(Cl)cc(F)c1Cl. The van der Waals surface area contributed by atoms with Crippen LogP contribution in [0.1, 0.15) is 10.4 Å². The predicted molar refractivity (Wildman–Crippen MR) is 46.6 cm³/mol. The van der Waals surface area contributed by atoms with E-state index in [1.165, 1.54) is 6.07 Å². The van der Waals surface area contributed by atoms with Gasteiger partial charge in [0.2, 0.25) is 0 Å². The summed E-state index contributed by atoms with van der Waals surface area (Å²) < 4.78 is 12.8. The quantitative estimate of drug-likeness (QED) is 0.530. The summed E-state index contributed by atoms with van der Waals surface area (Å²) in [6, 6.07) is 2.22. The molecule has 1 nitrogen and oxygen atoms in total. The van der Waals surface area contributed by atoms with E-state index in [1.54, 1.807) is 0 Å². The van der Waals surface area contributed by atoms with Crippen molar-refractivity contribution in [3.8, 4) is 0 Å². The van der Waals surface area contributed by atoms with E-state index in [0.717, 1.165) is 6.07 Å². The predicted octanol–water partition coefficient (Wildman–Crippen LogP) is 3.51. The number of hydrogen-bond donors (Lipinski definition) is 0. The molecule has 1 aromatic rings. The summed E-state index contributed by atoms with van der Waals surface area (Å²) in [7, 11) is 0. The van der Waals surface area contributed by atoms with Gasteiger partial charge in [0.25, 0.3) is 5.24 Å². The summed E-state index contributed by atoms with van der Waals surface area (Å²) in [5.41, 5.74) is -0.122. The molecule has 0 amide bonds. The second-order valence-corrected chi connectivity index (χ2v) is 3.18. The standard InChI is InChI=1S/C7H2Cl3FO/c8-3-1-4(7(10)12)6(9)5(11)2-3/h1-2H. The third-order valence-electron chi connectivity index (χ3n) is 1.20. The van der Waals surface area contributed by atoms with Gasteiger partial charge in [-0.3, -0.25) is 4.79 Å². The van der Waals surface area contributed by atoms with Crippen LogP contribution in [-0.2, 0) is 0 Å². The van der Waals surface area contributed by atoms with Crippen LogP contribution in [-0.4, -0.2) is 5.24 Å². The van der Waals surface area contributed by atoms with Crippen molar-refractivity contribution in [2.45, 2.75) is 0 Å². The van der Waals surface area contributed by atoms with Crippen molar-refractivity contribution in [1.29, 1.82) is 0 Å². The molecular formula is C7H2Cl3FO. The van der Waals surface area contributed by atoms with Gasteiger partial charge in [0, 0.05) is 5.02 Å². The topological polar surface area (TPSA) is 17.1 Å². The van der Waals surface area contributed by atoms with Crippen LogP contribution in [0.5, 0.6) is 0 Å². The van der Waals surface area contributed by atoms with E-state index in [2.05, 4.69) is 0 Å². The molecule has 0 aliphatic rings. The highest BCUT2D eigenvalue weighted by molar-refractivity contribution is 6.68. The number of halogens is 4. The number of carbonyl (C=O) groups excluding carboxylic acids is 1. The van der Waals surface area contributed by atoms with Gasteiger partial charge in [-0.25, -0.2) is 4.39 Å². The molecule has 0 saturated heterocycles. The van der Waals surface area contributed by atoms with Gasteiger partial charge in [0.15, 0.2) is 0 Å². The van der Waals surface area contributed by atoms with Gasteiger partial charge >= 0.3 is 0 Å². The van der Waals surface area contributed by atoms with E-state index >= 15 is 0 Å². The number of hydrogen-bond acceptors (Lipinski definition) is 1. The average Bonchev–Trinajstić information content (AvgIpc) is 1.96. The van der Waals surface area contributed by atoms with Crippen LogP contribution in [0.4, 0.5) is 4.39 Å². The Morgan fingerprint density at radius 1 is 1.33 bits per heavy atom. The second-order valence-electron chi connectivity index (χ2n) is 2.02. The van der Waals surface area contributed by atoms with Gasteiger partial charge in [-0.1, -0.05) is 23.2 Å². The van der Waals surface area contributed by atoms with Crippen LogP contribution in [0.2, 0.25) is 10.0 Å². The highest BCUT2D eigenvalue weighted by Gasteiger charge is 2.12. The van der Waals surface area contributed by atoms with Crippen molar-refractivity contribution >= 4 is 40.0 Å². The van der Waals surface area contributed by atoms with Crippen LogP contribution in [0, 0.1) is 5.82 Å². The summed E-state index contributed by atoms with van der Waals surface area (Å²) in [5.74, 6) is -0.756. The third-order valence-corrected chi connectivity index (χ3v) is 2.01. The van der Waals surface area contributed by atoms with Gasteiger partial charge < -0.3 is 0 Å². The van der Waals surface area contributed by atoms with Crippen LogP contribution in [0.25, 0.3) is 0 Å². The molecule has 0 atom stereocenters. The molecule has 0 aliphatic carbocycles. The Bertz CT molecular complexity index is 338. The van der Waals surface area contributed by atoms with Crippen LogP contribution < -0.4 is 0 Å². The number of carbonyl (C=O) groups is 1. The Morgan fingerprint density at radius 3 is 2.42 bits per heavy atom. The molecule has 0 unspecified atom stereocenters. The molecular weight excluding hydrogens is 225 g/mol. The lowest BCUT2D eigenvalue weighted by atomic mass is 10.2. The van der Waals surface area contributed by atoms with Crippen molar-refractivity contribution in [2.75, 3.05) is 0 Å². The van der Waals surface area contributed by atoms with Gasteiger partial charge in [-0.05, 0) is 23.7 Å². The molecule has 0 aromatic heterocycles. The smallest absolute Gasteiger partial charge is 0.254 e. The Kier molecular flexibility index (Phi) is 2.94. The van der Waals surface area contributed by atoms with Gasteiger partial charge in [0.05, 0.1) is 10.6 Å². The highest BCUT2D eigenvalue weighted by atomic mass is 35.5. The minimum Gasteiger partial charge on any atom is -0.276 e. The lowest BCUT2D eigenvalue weighted by Gasteiger charge is -1.99. The lowest BCUT2D eigenvalue weighted by Crippen LogP contribution is -1.92. The first-order valence-electron chi connectivity index (χ1n) is 2.86. The van der Waals surface area contributed by atoms with E-state index in [9.17, 15) is 9.18 Å². The number of benzene rings is 1. The molecule has 1 aromatic carbocycles. The maximum atomic E-state index is 12.8. The Morgan fingerprint density at radius 2 is 1.92 bits per heavy atom. The largest absolute Gasteiger partial charge is 0.276 e. The normalized spacial score (nSPS) is 10.0. The fourth-order valence-corrected chi connectivity index (χ4v) is 1.30. The zero-order valence-corrected chi connectivity index (χ0v) is 7.84. The molecule has 0 saturated carbocycles. The molecule has 0 heterocycles. The van der Waals surface area contributed by atoms with Gasteiger partial charge in [-0.2, -0.15) is 0 Å². The molecule has 12 heavy (non-hydrogen) atoms. The zero-order valence-electron chi connectivity index (χ0n) is 5.57. The molecule has 0 fully saturated rings. The summed E-state index contributed by atoms with van der Waals surface area (Å²) in [6.07, 6.45) is 0. The summed E-state index contributed by atoms with van der Waals surface area (Å²) in [5, 5.41) is -1.05. The first-order valence-corrected chi connectivity index (χ1v) is 4.00. The van der Waals surface area contributed by atoms with E-state index < -0.39 is 11.1 Å². The highest BCUT2D eigenvalue weighted by Crippen LogP contribution is 2.25. The molecule has 5 heteroatoms. The van der Waals surface area contributed by atoms with E-state index in [-0.39, 0.29) is 15.6 Å². The third kappa shape index (κ3) is 1.89. The Hall–Kier alpha value is -0.310. The molecule has 0 bridgehead atoms. The fourth-order valence-electron chi connectivity index (χ4n) is 0.699. The zero-order chi connectivity index (χ0) is 9.30. The van der Waals surface area contributed by atoms with E-state index in [1.807, 2.05) is 0 Å². The van der Waals surface area contributed by atoms with Crippen molar-refractivity contribution in [3.05, 3.63) is 33.6 Å². The molecule has 64 valence electrons. The van der Waals surface area contributed by atoms with Crippen LogP contribution >= 0.6 is 34.8 Å². The maximum absolute atomic E-state index is 12.8. The van der Waals surface area contributed by atoms with Crippen LogP contribution in [0.15, 0.2) is 12.1 Å². The van der Waals surface area contributed by atoms with Crippen molar-refractivity contribution in [1.82, 2.24) is 0 Å². The second kappa shape index (κ2) is 3.60. The van der Waals surface area contributed by atoms with Crippen molar-refractivity contribution in [2.24, 2.45) is 0 Å². The minimum absolute atomic E-state index is 0.0842. The average molecular weight is 227 g/mol. The summed E-state index contributed by atoms with van der Waals surface area (Å²) in [4.78, 5) is 10.6. The summed E-state index contributed by atoms with van der Waals surface area (Å²) in [6.45, 7) is 0. The van der Waals surface area contributed by atoms with Crippen LogP contribution in [0.3, 0.4) is 0 Å². The van der Waals surface area contributed by atoms with Crippen molar-refractivity contribution in [3.63, 3.8) is 0 Å². The molecule has 1 rings (SSSR count).